The summed E-state index contributed by atoms with van der Waals surface area (Å²) < 4.78 is 0. The smallest absolute Gasteiger partial charge is 0.0159 e. The second-order valence-electron chi connectivity index (χ2n) is 18.1. The quantitative estimate of drug-likeness (QED) is 0.157. The van der Waals surface area contributed by atoms with Gasteiger partial charge in [0.25, 0.3) is 0 Å². The van der Waals surface area contributed by atoms with E-state index in [1.165, 1.54) is 121 Å². The van der Waals surface area contributed by atoms with E-state index in [1.807, 2.05) is 0 Å². The summed E-state index contributed by atoms with van der Waals surface area (Å²) in [7, 11) is 0. The summed E-state index contributed by atoms with van der Waals surface area (Å²) in [5.41, 5.74) is 20.9. The van der Waals surface area contributed by atoms with Crippen molar-refractivity contribution in [2.24, 2.45) is 0 Å². The number of hydrogen-bond donors (Lipinski definition) is 0. The maximum Gasteiger partial charge on any atom is 0.0159 e. The molecule has 60 heavy (non-hydrogen) atoms. The highest BCUT2D eigenvalue weighted by atomic mass is 14.4. The Morgan fingerprint density at radius 1 is 0.217 bits per heavy atom. The van der Waals surface area contributed by atoms with Gasteiger partial charge >= 0.3 is 0 Å². The second kappa shape index (κ2) is 12.7. The van der Waals surface area contributed by atoms with Gasteiger partial charge in [-0.15, -0.1) is 0 Å². The first-order valence-corrected chi connectivity index (χ1v) is 21.3. The van der Waals surface area contributed by atoms with Gasteiger partial charge in [-0.3, -0.25) is 0 Å². The molecule has 0 saturated carbocycles. The van der Waals surface area contributed by atoms with E-state index in [9.17, 15) is 0 Å². The number of benzene rings is 10. The zero-order valence-electron chi connectivity index (χ0n) is 34.5. The molecule has 0 saturated heterocycles. The van der Waals surface area contributed by atoms with E-state index in [1.54, 1.807) is 0 Å². The minimum Gasteiger partial charge on any atom is -0.0619 e. The van der Waals surface area contributed by atoms with Crippen LogP contribution in [0.3, 0.4) is 0 Å². The van der Waals surface area contributed by atoms with E-state index >= 15 is 0 Å². The summed E-state index contributed by atoms with van der Waals surface area (Å²) in [5.74, 6) is 0. The van der Waals surface area contributed by atoms with Gasteiger partial charge in [0.05, 0.1) is 0 Å². The van der Waals surface area contributed by atoms with Crippen molar-refractivity contribution < 1.29 is 0 Å². The van der Waals surface area contributed by atoms with Crippen molar-refractivity contribution >= 4 is 32.3 Å². The molecular weight excluding hydrogens is 721 g/mol. The normalized spacial score (nSPS) is 14.3. The van der Waals surface area contributed by atoms with E-state index in [-0.39, 0.29) is 10.8 Å². The minimum absolute atomic E-state index is 0.0404. The van der Waals surface area contributed by atoms with Crippen molar-refractivity contribution in [2.75, 3.05) is 0 Å². The zero-order chi connectivity index (χ0) is 40.3. The SMILES string of the molecule is CC1(C)c2ccccc2-c2ccc(-c3cccc(-c4cc5c6ccccc6c(-c6cccc(-c7ccc8c(c7)C(C)(C)c7ccccc7-8)c6)cc5c5ccccc45)c3)cc21. The van der Waals surface area contributed by atoms with E-state index in [4.69, 9.17) is 0 Å². The monoisotopic (exact) mass is 764 g/mol. The molecule has 2 aliphatic rings. The Morgan fingerprint density at radius 2 is 0.567 bits per heavy atom. The lowest BCUT2D eigenvalue weighted by Crippen LogP contribution is -2.14. The molecule has 10 aromatic carbocycles. The third-order valence-electron chi connectivity index (χ3n) is 14.1. The third-order valence-corrected chi connectivity index (χ3v) is 14.1. The summed E-state index contributed by atoms with van der Waals surface area (Å²) in [6, 6.07) is 73.1. The van der Waals surface area contributed by atoms with Crippen LogP contribution in [0.25, 0.3) is 99.1 Å². The Morgan fingerprint density at radius 3 is 1.02 bits per heavy atom. The highest BCUT2D eigenvalue weighted by Crippen LogP contribution is 2.51. The molecule has 0 amide bonds. The van der Waals surface area contributed by atoms with Gasteiger partial charge in [-0.25, -0.2) is 0 Å². The Bertz CT molecular complexity index is 3200. The molecule has 0 heterocycles. The van der Waals surface area contributed by atoms with Crippen molar-refractivity contribution in [2.45, 2.75) is 38.5 Å². The molecule has 0 heteroatoms. The first kappa shape index (κ1) is 35.0. The third kappa shape index (κ3) is 5.04. The lowest BCUT2D eigenvalue weighted by Gasteiger charge is -2.22. The highest BCUT2D eigenvalue weighted by Gasteiger charge is 2.36. The van der Waals surface area contributed by atoms with Gasteiger partial charge < -0.3 is 0 Å². The van der Waals surface area contributed by atoms with Crippen LogP contribution in [0, 0.1) is 0 Å². The Labute approximate surface area is 352 Å². The van der Waals surface area contributed by atoms with Crippen LogP contribution in [0.1, 0.15) is 49.9 Å². The summed E-state index contributed by atoms with van der Waals surface area (Å²) in [4.78, 5) is 0. The van der Waals surface area contributed by atoms with Gasteiger partial charge in [0.15, 0.2) is 0 Å². The lowest BCUT2D eigenvalue weighted by atomic mass is 9.81. The molecule has 0 aromatic heterocycles. The Hall–Kier alpha value is -7.02. The van der Waals surface area contributed by atoms with Crippen molar-refractivity contribution in [1.82, 2.24) is 0 Å². The summed E-state index contributed by atoms with van der Waals surface area (Å²) >= 11 is 0. The van der Waals surface area contributed by atoms with Crippen LogP contribution >= 0.6 is 0 Å². The summed E-state index contributed by atoms with van der Waals surface area (Å²) in [5, 5.41) is 7.64. The fraction of sp³-hybridized carbons (Fsp3) is 0.100. The average molecular weight is 765 g/mol. The van der Waals surface area contributed by atoms with Crippen LogP contribution in [-0.4, -0.2) is 0 Å². The molecule has 0 atom stereocenters. The Kier molecular flexibility index (Phi) is 7.42. The predicted molar refractivity (Wildman–Crippen MR) is 256 cm³/mol. The van der Waals surface area contributed by atoms with Gasteiger partial charge in [-0.1, -0.05) is 185 Å². The van der Waals surface area contributed by atoms with Crippen molar-refractivity contribution in [3.8, 4) is 66.8 Å². The number of fused-ring (bicyclic) bond motifs is 11. The standard InChI is InChI=1S/C60H44/c1-59(2)55-25-11-9-23-47(55)49-29-27-39(33-57(49)59)37-15-13-17-41(31-37)51-35-53-46-22-8-6-20-44(46)52(36-54(53)45-21-7-5-19-43(45)51)42-18-14-16-38(32-42)40-28-30-50-48-24-10-12-26-56(48)60(3,4)58(50)34-40/h5-36H,1-4H3. The van der Waals surface area contributed by atoms with E-state index in [0.29, 0.717) is 0 Å². The fourth-order valence-corrected chi connectivity index (χ4v) is 10.9. The zero-order valence-corrected chi connectivity index (χ0v) is 34.5. The average Bonchev–Trinajstić information content (AvgIpc) is 3.67. The first-order chi connectivity index (χ1) is 29.3. The molecule has 0 spiro atoms. The van der Waals surface area contributed by atoms with Crippen molar-refractivity contribution in [3.05, 3.63) is 216 Å². The predicted octanol–water partition coefficient (Wildman–Crippen LogP) is 16.4. The lowest BCUT2D eigenvalue weighted by molar-refractivity contribution is 0.660. The first-order valence-electron chi connectivity index (χ1n) is 21.3. The van der Waals surface area contributed by atoms with Crippen molar-refractivity contribution in [1.29, 1.82) is 0 Å². The molecule has 12 rings (SSSR count). The van der Waals surface area contributed by atoms with Gasteiger partial charge in [-0.2, -0.15) is 0 Å². The van der Waals surface area contributed by atoms with E-state index in [0.717, 1.165) is 0 Å². The van der Waals surface area contributed by atoms with Crippen LogP contribution in [0.2, 0.25) is 0 Å². The van der Waals surface area contributed by atoms with Crippen LogP contribution in [0.5, 0.6) is 0 Å². The van der Waals surface area contributed by atoms with E-state index < -0.39 is 0 Å². The molecule has 0 aliphatic heterocycles. The van der Waals surface area contributed by atoms with Gasteiger partial charge in [0, 0.05) is 10.8 Å². The molecule has 0 unspecified atom stereocenters. The van der Waals surface area contributed by atoms with E-state index in [2.05, 4.69) is 222 Å². The minimum atomic E-state index is -0.0404. The molecule has 0 radical (unpaired) electrons. The molecule has 0 fully saturated rings. The summed E-state index contributed by atoms with van der Waals surface area (Å²) in [6.07, 6.45) is 0. The van der Waals surface area contributed by atoms with Gasteiger partial charge in [0.2, 0.25) is 0 Å². The molecule has 284 valence electrons. The molecule has 0 nitrogen and oxygen atoms in total. The molecular formula is C60H44. The highest BCUT2D eigenvalue weighted by molar-refractivity contribution is 6.24. The maximum absolute atomic E-state index is 2.45. The van der Waals surface area contributed by atoms with Crippen LogP contribution < -0.4 is 0 Å². The van der Waals surface area contributed by atoms with Gasteiger partial charge in [0.1, 0.15) is 0 Å². The summed E-state index contributed by atoms with van der Waals surface area (Å²) in [6.45, 7) is 9.44. The second-order valence-corrected chi connectivity index (χ2v) is 18.1. The molecule has 0 N–H and O–H groups in total. The topological polar surface area (TPSA) is 0 Å². The van der Waals surface area contributed by atoms with Crippen LogP contribution in [-0.2, 0) is 10.8 Å². The Balaban J connectivity index is 0.985. The number of hydrogen-bond acceptors (Lipinski definition) is 0. The largest absolute Gasteiger partial charge is 0.0619 e. The van der Waals surface area contributed by atoms with Crippen LogP contribution in [0.15, 0.2) is 194 Å². The van der Waals surface area contributed by atoms with Gasteiger partial charge in [-0.05, 0) is 158 Å². The molecule has 0 bridgehead atoms. The fourth-order valence-electron chi connectivity index (χ4n) is 10.9. The number of rotatable bonds is 4. The van der Waals surface area contributed by atoms with Crippen LogP contribution in [0.4, 0.5) is 0 Å². The van der Waals surface area contributed by atoms with Crippen molar-refractivity contribution in [3.63, 3.8) is 0 Å². The maximum atomic E-state index is 2.45. The molecule has 2 aliphatic carbocycles. The molecule has 10 aromatic rings.